The summed E-state index contributed by atoms with van der Waals surface area (Å²) in [5.74, 6) is 3.50. The maximum Gasteiger partial charge on any atom is 0.0434 e. The molecule has 1 aromatic rings. The Balaban J connectivity index is 1.36. The highest BCUT2D eigenvalue weighted by Gasteiger charge is 2.25. The molecule has 0 amide bonds. The van der Waals surface area contributed by atoms with E-state index in [0.29, 0.717) is 0 Å². The van der Waals surface area contributed by atoms with Gasteiger partial charge in [-0.3, -0.25) is 4.98 Å². The average Bonchev–Trinajstić information content (AvgIpc) is 2.80. The van der Waals surface area contributed by atoms with Crippen molar-refractivity contribution >= 4 is 0 Å². The van der Waals surface area contributed by atoms with Crippen molar-refractivity contribution in [3.05, 3.63) is 29.6 Å². The van der Waals surface area contributed by atoms with Gasteiger partial charge in [0.2, 0.25) is 0 Å². The van der Waals surface area contributed by atoms with E-state index in [1.54, 1.807) is 0 Å². The number of nitrogens with zero attached hydrogens (tertiary/aromatic N) is 1. The van der Waals surface area contributed by atoms with E-state index in [-0.39, 0.29) is 0 Å². The van der Waals surface area contributed by atoms with Gasteiger partial charge in [0.05, 0.1) is 0 Å². The minimum atomic E-state index is 0.727. The van der Waals surface area contributed by atoms with Crippen LogP contribution in [0.3, 0.4) is 0 Å². The van der Waals surface area contributed by atoms with E-state index in [9.17, 15) is 0 Å². The van der Waals surface area contributed by atoms with Crippen molar-refractivity contribution in [3.63, 3.8) is 0 Å². The summed E-state index contributed by atoms with van der Waals surface area (Å²) in [6.45, 7) is 4.62. The zero-order valence-corrected chi connectivity index (χ0v) is 20.2. The molecule has 2 saturated carbocycles. The van der Waals surface area contributed by atoms with Gasteiger partial charge in [0.1, 0.15) is 0 Å². The number of aromatic nitrogens is 1. The minimum Gasteiger partial charge on any atom is -0.261 e. The van der Waals surface area contributed by atoms with E-state index in [1.807, 2.05) is 0 Å². The van der Waals surface area contributed by atoms with E-state index in [0.717, 1.165) is 23.7 Å². The van der Waals surface area contributed by atoms with Crippen molar-refractivity contribution in [2.45, 2.75) is 141 Å². The van der Waals surface area contributed by atoms with Crippen LogP contribution >= 0.6 is 0 Å². The molecule has 0 aliphatic heterocycles. The predicted molar refractivity (Wildman–Crippen MR) is 131 cm³/mol. The topological polar surface area (TPSA) is 12.9 Å². The van der Waals surface area contributed by atoms with Crippen LogP contribution in [0, 0.1) is 11.8 Å². The Morgan fingerprint density at radius 2 is 1.17 bits per heavy atom. The van der Waals surface area contributed by atoms with E-state index in [1.165, 1.54) is 127 Å². The monoisotopic (exact) mass is 411 g/mol. The van der Waals surface area contributed by atoms with Gasteiger partial charge < -0.3 is 0 Å². The molecule has 0 spiro atoms. The molecule has 30 heavy (non-hydrogen) atoms. The molecule has 1 nitrogen and oxygen atoms in total. The first kappa shape index (κ1) is 23.8. The number of hydrogen-bond acceptors (Lipinski definition) is 1. The highest BCUT2D eigenvalue weighted by Crippen LogP contribution is 2.40. The molecule has 0 radical (unpaired) electrons. The number of unbranched alkanes of at least 4 members (excludes halogenated alkanes) is 6. The first-order valence-corrected chi connectivity index (χ1v) is 13.8. The summed E-state index contributed by atoms with van der Waals surface area (Å²) in [6.07, 6.45) is 27.8. The maximum absolute atomic E-state index is 4.98. The standard InChI is InChI=1S/C29H49N/c1-3-5-7-8-10-12-25-13-17-26(18-14-25)28-21-22-29(30-23-28)27-19-15-24(16-20-27)11-9-6-4-2/h21-27H,3-20H2,1-2H3. The van der Waals surface area contributed by atoms with Crippen molar-refractivity contribution < 1.29 is 0 Å². The molecular weight excluding hydrogens is 362 g/mol. The number of rotatable bonds is 12. The second-order valence-electron chi connectivity index (χ2n) is 10.7. The molecule has 3 rings (SSSR count). The molecule has 0 unspecified atom stereocenters. The Bertz CT molecular complexity index is 546. The van der Waals surface area contributed by atoms with E-state index >= 15 is 0 Å². The Labute approximate surface area is 187 Å². The zero-order valence-electron chi connectivity index (χ0n) is 20.2. The van der Waals surface area contributed by atoms with Gasteiger partial charge in [0.15, 0.2) is 0 Å². The van der Waals surface area contributed by atoms with Crippen LogP contribution in [-0.4, -0.2) is 4.98 Å². The van der Waals surface area contributed by atoms with Gasteiger partial charge in [-0.25, -0.2) is 0 Å². The second-order valence-corrected chi connectivity index (χ2v) is 10.7. The summed E-state index contributed by atoms with van der Waals surface area (Å²) < 4.78 is 0. The molecular formula is C29H49N. The van der Waals surface area contributed by atoms with Crippen molar-refractivity contribution in [1.29, 1.82) is 0 Å². The molecule has 0 atom stereocenters. The van der Waals surface area contributed by atoms with Crippen LogP contribution in [0.4, 0.5) is 0 Å². The number of hydrogen-bond donors (Lipinski definition) is 0. The number of pyridine rings is 1. The quantitative estimate of drug-likeness (QED) is 0.312. The van der Waals surface area contributed by atoms with Crippen LogP contribution in [0.15, 0.2) is 18.3 Å². The molecule has 1 heteroatoms. The Morgan fingerprint density at radius 1 is 0.633 bits per heavy atom. The molecule has 2 fully saturated rings. The Hall–Kier alpha value is -0.850. The van der Waals surface area contributed by atoms with Gasteiger partial charge in [-0.15, -0.1) is 0 Å². The lowest BCUT2D eigenvalue weighted by Gasteiger charge is -2.30. The molecule has 0 aromatic carbocycles. The predicted octanol–water partition coefficient (Wildman–Crippen LogP) is 9.57. The van der Waals surface area contributed by atoms with Crippen molar-refractivity contribution in [2.24, 2.45) is 11.8 Å². The third kappa shape index (κ3) is 7.69. The summed E-state index contributed by atoms with van der Waals surface area (Å²) >= 11 is 0. The average molecular weight is 412 g/mol. The third-order valence-electron chi connectivity index (χ3n) is 8.32. The molecule has 1 heterocycles. The first-order chi connectivity index (χ1) is 14.8. The van der Waals surface area contributed by atoms with Crippen LogP contribution in [0.25, 0.3) is 0 Å². The highest BCUT2D eigenvalue weighted by molar-refractivity contribution is 5.21. The normalized spacial score (nSPS) is 27.3. The molecule has 0 saturated heterocycles. The van der Waals surface area contributed by atoms with E-state index in [2.05, 4.69) is 32.2 Å². The van der Waals surface area contributed by atoms with Crippen molar-refractivity contribution in [3.8, 4) is 0 Å². The SMILES string of the molecule is CCCCCCCC1CCC(c2ccc(C3CCC(CCCCC)CC3)nc2)CC1. The van der Waals surface area contributed by atoms with E-state index in [4.69, 9.17) is 4.98 Å². The van der Waals surface area contributed by atoms with Gasteiger partial charge in [0, 0.05) is 17.8 Å². The van der Waals surface area contributed by atoms with E-state index < -0.39 is 0 Å². The molecule has 1 aromatic heterocycles. The fourth-order valence-corrected chi connectivity index (χ4v) is 6.15. The van der Waals surface area contributed by atoms with Crippen molar-refractivity contribution in [2.75, 3.05) is 0 Å². The smallest absolute Gasteiger partial charge is 0.0434 e. The van der Waals surface area contributed by atoms with Crippen LogP contribution in [0.1, 0.15) is 153 Å². The van der Waals surface area contributed by atoms with Crippen LogP contribution in [0.5, 0.6) is 0 Å². The fourth-order valence-electron chi connectivity index (χ4n) is 6.15. The fraction of sp³-hybridized carbons (Fsp3) is 0.828. The molecule has 0 bridgehead atoms. The zero-order chi connectivity index (χ0) is 21.0. The molecule has 170 valence electrons. The van der Waals surface area contributed by atoms with Gasteiger partial charge >= 0.3 is 0 Å². The lowest BCUT2D eigenvalue weighted by atomic mass is 9.76. The third-order valence-corrected chi connectivity index (χ3v) is 8.32. The van der Waals surface area contributed by atoms with Crippen LogP contribution < -0.4 is 0 Å². The first-order valence-electron chi connectivity index (χ1n) is 13.8. The summed E-state index contributed by atoms with van der Waals surface area (Å²) in [4.78, 5) is 4.98. The lowest BCUT2D eigenvalue weighted by molar-refractivity contribution is 0.298. The van der Waals surface area contributed by atoms with Gasteiger partial charge in [-0.05, 0) is 80.8 Å². The largest absolute Gasteiger partial charge is 0.261 e. The minimum absolute atomic E-state index is 0.727. The Morgan fingerprint density at radius 3 is 1.73 bits per heavy atom. The van der Waals surface area contributed by atoms with Crippen molar-refractivity contribution in [1.82, 2.24) is 4.98 Å². The van der Waals surface area contributed by atoms with Gasteiger partial charge in [-0.2, -0.15) is 0 Å². The van der Waals surface area contributed by atoms with Crippen LogP contribution in [-0.2, 0) is 0 Å². The molecule has 0 N–H and O–H groups in total. The summed E-state index contributed by atoms with van der Waals surface area (Å²) in [6, 6.07) is 4.82. The lowest BCUT2D eigenvalue weighted by Crippen LogP contribution is -2.15. The highest BCUT2D eigenvalue weighted by atomic mass is 14.7. The van der Waals surface area contributed by atoms with Gasteiger partial charge in [-0.1, -0.05) is 84.1 Å². The Kier molecular flexibility index (Phi) is 10.7. The molecule has 2 aliphatic rings. The maximum atomic E-state index is 4.98. The van der Waals surface area contributed by atoms with Gasteiger partial charge in [0.25, 0.3) is 0 Å². The van der Waals surface area contributed by atoms with Crippen LogP contribution in [0.2, 0.25) is 0 Å². The summed E-state index contributed by atoms with van der Waals surface area (Å²) in [5, 5.41) is 0. The second kappa shape index (κ2) is 13.5. The molecule has 2 aliphatic carbocycles. The summed E-state index contributed by atoms with van der Waals surface area (Å²) in [5.41, 5.74) is 2.90. The summed E-state index contributed by atoms with van der Waals surface area (Å²) in [7, 11) is 0.